The molecule has 2 unspecified atom stereocenters. The molecule has 0 bridgehead atoms. The van der Waals surface area contributed by atoms with Crippen molar-refractivity contribution in [1.82, 2.24) is 10.2 Å². The van der Waals surface area contributed by atoms with Crippen LogP contribution in [-0.4, -0.2) is 49.8 Å². The van der Waals surface area contributed by atoms with E-state index in [4.69, 9.17) is 4.74 Å². The Labute approximate surface area is 112 Å². The Hall–Kier alpha value is -0.120. The fourth-order valence-corrected chi connectivity index (χ4v) is 3.03. The van der Waals surface area contributed by atoms with Gasteiger partial charge in [0.15, 0.2) is 0 Å². The van der Waals surface area contributed by atoms with Crippen LogP contribution in [0.25, 0.3) is 0 Å². The lowest BCUT2D eigenvalue weighted by Crippen LogP contribution is -2.48. The van der Waals surface area contributed by atoms with Crippen LogP contribution in [0.2, 0.25) is 0 Å². The first-order valence-corrected chi connectivity index (χ1v) is 7.90. The van der Waals surface area contributed by atoms with E-state index in [2.05, 4.69) is 24.1 Å². The summed E-state index contributed by atoms with van der Waals surface area (Å²) in [5.41, 5.74) is 0. The number of hydrogen-bond acceptors (Lipinski definition) is 3. The van der Waals surface area contributed by atoms with E-state index in [1.54, 1.807) is 0 Å². The van der Waals surface area contributed by atoms with Crippen molar-refractivity contribution >= 4 is 0 Å². The van der Waals surface area contributed by atoms with Crippen molar-refractivity contribution in [3.63, 3.8) is 0 Å². The summed E-state index contributed by atoms with van der Waals surface area (Å²) in [7, 11) is 0. The molecule has 106 valence electrons. The van der Waals surface area contributed by atoms with Crippen molar-refractivity contribution in [2.45, 2.75) is 58.0 Å². The molecule has 1 N–H and O–H groups in total. The molecule has 1 aliphatic carbocycles. The molecule has 2 rings (SSSR count). The Balaban J connectivity index is 1.82. The normalized spacial score (nSPS) is 28.8. The summed E-state index contributed by atoms with van der Waals surface area (Å²) < 4.78 is 5.70. The second-order valence-corrected chi connectivity index (χ2v) is 5.91. The minimum Gasteiger partial charge on any atom is -0.381 e. The topological polar surface area (TPSA) is 24.5 Å². The third-order valence-corrected chi connectivity index (χ3v) is 4.17. The zero-order valence-corrected chi connectivity index (χ0v) is 12.2. The number of nitrogens with zero attached hydrogens (tertiary/aromatic N) is 1. The molecule has 1 saturated carbocycles. The van der Waals surface area contributed by atoms with Crippen molar-refractivity contribution in [2.75, 3.05) is 32.8 Å². The number of hydrogen-bond donors (Lipinski definition) is 1. The minimum atomic E-state index is 0.678. The van der Waals surface area contributed by atoms with E-state index in [0.29, 0.717) is 12.0 Å². The summed E-state index contributed by atoms with van der Waals surface area (Å²) in [5.74, 6) is 0.692. The highest BCUT2D eigenvalue weighted by Crippen LogP contribution is 2.29. The first-order valence-electron chi connectivity index (χ1n) is 7.90. The van der Waals surface area contributed by atoms with E-state index >= 15 is 0 Å². The Bertz CT molecular complexity index is 231. The van der Waals surface area contributed by atoms with Crippen LogP contribution in [-0.2, 0) is 4.74 Å². The highest BCUT2D eigenvalue weighted by molar-refractivity contribution is 4.89. The van der Waals surface area contributed by atoms with Gasteiger partial charge in [0.1, 0.15) is 0 Å². The monoisotopic (exact) mass is 254 g/mol. The predicted octanol–water partition coefficient (Wildman–Crippen LogP) is 2.27. The number of ether oxygens (including phenoxy) is 1. The maximum absolute atomic E-state index is 5.70. The smallest absolute Gasteiger partial charge is 0.0521 e. The Morgan fingerprint density at radius 2 is 2.00 bits per heavy atom. The summed E-state index contributed by atoms with van der Waals surface area (Å²) >= 11 is 0. The molecule has 3 heteroatoms. The van der Waals surface area contributed by atoms with Crippen LogP contribution in [0.1, 0.15) is 46.0 Å². The van der Waals surface area contributed by atoms with Crippen molar-refractivity contribution < 1.29 is 4.74 Å². The lowest BCUT2D eigenvalue weighted by Gasteiger charge is -2.36. The van der Waals surface area contributed by atoms with Crippen LogP contribution < -0.4 is 5.32 Å². The molecule has 0 aromatic rings. The van der Waals surface area contributed by atoms with E-state index in [1.165, 1.54) is 45.2 Å². The molecular weight excluding hydrogens is 224 g/mol. The summed E-state index contributed by atoms with van der Waals surface area (Å²) in [4.78, 5) is 2.71. The fourth-order valence-electron chi connectivity index (χ4n) is 3.03. The van der Waals surface area contributed by atoms with Gasteiger partial charge in [-0.05, 0) is 45.2 Å². The molecule has 0 radical (unpaired) electrons. The van der Waals surface area contributed by atoms with Crippen molar-refractivity contribution in [3.8, 4) is 0 Å². The quantitative estimate of drug-likeness (QED) is 0.719. The molecule has 0 aromatic heterocycles. The van der Waals surface area contributed by atoms with Gasteiger partial charge in [-0.3, -0.25) is 4.90 Å². The molecule has 3 nitrogen and oxygen atoms in total. The Morgan fingerprint density at radius 3 is 2.67 bits per heavy atom. The zero-order valence-electron chi connectivity index (χ0n) is 12.2. The van der Waals surface area contributed by atoms with Gasteiger partial charge in [0.05, 0.1) is 6.61 Å². The summed E-state index contributed by atoms with van der Waals surface area (Å²) in [6.07, 6.45) is 6.53. The third kappa shape index (κ3) is 4.22. The lowest BCUT2D eigenvalue weighted by molar-refractivity contribution is 0.0154. The summed E-state index contributed by atoms with van der Waals surface area (Å²) in [5, 5.41) is 3.72. The number of rotatable bonds is 8. The van der Waals surface area contributed by atoms with Gasteiger partial charge >= 0.3 is 0 Å². The molecule has 2 atom stereocenters. The zero-order chi connectivity index (χ0) is 12.8. The predicted molar refractivity (Wildman–Crippen MR) is 75.9 cm³/mol. The molecule has 2 aliphatic rings. The SMILES string of the molecule is CCCNC1CCOCC1CN(CCC)C1CC1. The Kier molecular flexibility index (Phi) is 5.93. The molecule has 0 spiro atoms. The Morgan fingerprint density at radius 1 is 1.17 bits per heavy atom. The highest BCUT2D eigenvalue weighted by atomic mass is 16.5. The second kappa shape index (κ2) is 7.46. The van der Waals surface area contributed by atoms with Crippen molar-refractivity contribution in [1.29, 1.82) is 0 Å². The van der Waals surface area contributed by atoms with Crippen molar-refractivity contribution in [3.05, 3.63) is 0 Å². The van der Waals surface area contributed by atoms with Gasteiger partial charge in [0.2, 0.25) is 0 Å². The highest BCUT2D eigenvalue weighted by Gasteiger charge is 2.33. The molecular formula is C15H30N2O. The van der Waals surface area contributed by atoms with Gasteiger partial charge in [0.25, 0.3) is 0 Å². The summed E-state index contributed by atoms with van der Waals surface area (Å²) in [6, 6.07) is 1.57. The maximum atomic E-state index is 5.70. The molecule has 18 heavy (non-hydrogen) atoms. The summed E-state index contributed by atoms with van der Waals surface area (Å²) in [6.45, 7) is 10.1. The second-order valence-electron chi connectivity index (χ2n) is 5.91. The van der Waals surface area contributed by atoms with E-state index in [-0.39, 0.29) is 0 Å². The van der Waals surface area contributed by atoms with Crippen molar-refractivity contribution in [2.24, 2.45) is 5.92 Å². The standard InChI is InChI=1S/C15H30N2O/c1-3-8-16-15-7-10-18-12-13(15)11-17(9-4-2)14-5-6-14/h13-16H,3-12H2,1-2H3. The first-order chi connectivity index (χ1) is 8.85. The molecule has 1 saturated heterocycles. The van der Waals surface area contributed by atoms with Crippen LogP contribution in [0.4, 0.5) is 0 Å². The molecule has 1 aliphatic heterocycles. The molecule has 0 aromatic carbocycles. The minimum absolute atomic E-state index is 0.678. The lowest BCUT2D eigenvalue weighted by atomic mass is 9.94. The van der Waals surface area contributed by atoms with Crippen LogP contribution in [0.3, 0.4) is 0 Å². The first kappa shape index (κ1) is 14.3. The van der Waals surface area contributed by atoms with Gasteiger partial charge < -0.3 is 10.1 Å². The number of nitrogens with one attached hydrogen (secondary N) is 1. The van der Waals surface area contributed by atoms with Gasteiger partial charge in [-0.25, -0.2) is 0 Å². The molecule has 0 amide bonds. The van der Waals surface area contributed by atoms with Gasteiger partial charge in [-0.2, -0.15) is 0 Å². The molecule has 1 heterocycles. The maximum Gasteiger partial charge on any atom is 0.0521 e. The molecule has 2 fully saturated rings. The van der Waals surface area contributed by atoms with Crippen LogP contribution >= 0.6 is 0 Å². The average Bonchev–Trinajstić information content (AvgIpc) is 3.21. The van der Waals surface area contributed by atoms with E-state index in [0.717, 1.165) is 25.8 Å². The van der Waals surface area contributed by atoms with Crippen LogP contribution in [0, 0.1) is 5.92 Å². The average molecular weight is 254 g/mol. The third-order valence-electron chi connectivity index (χ3n) is 4.17. The fraction of sp³-hybridized carbons (Fsp3) is 1.00. The van der Waals surface area contributed by atoms with E-state index in [1.807, 2.05) is 0 Å². The van der Waals surface area contributed by atoms with E-state index in [9.17, 15) is 0 Å². The van der Waals surface area contributed by atoms with Crippen LogP contribution in [0.15, 0.2) is 0 Å². The van der Waals surface area contributed by atoms with Gasteiger partial charge in [0, 0.05) is 31.2 Å². The van der Waals surface area contributed by atoms with Crippen LogP contribution in [0.5, 0.6) is 0 Å². The van der Waals surface area contributed by atoms with Gasteiger partial charge in [-0.1, -0.05) is 13.8 Å². The van der Waals surface area contributed by atoms with Gasteiger partial charge in [-0.15, -0.1) is 0 Å². The van der Waals surface area contributed by atoms with E-state index < -0.39 is 0 Å². The largest absolute Gasteiger partial charge is 0.381 e.